The minimum Gasteiger partial charge on any atom is -0.479 e. The molecular weight excluding hydrogens is 298 g/mol. The van der Waals surface area contributed by atoms with Gasteiger partial charge in [0.25, 0.3) is 0 Å². The van der Waals surface area contributed by atoms with Crippen LogP contribution in [0.5, 0.6) is 0 Å². The van der Waals surface area contributed by atoms with Crippen LogP contribution in [0, 0.1) is 11.3 Å². The number of carbonyl (C=O) groups is 2. The van der Waals surface area contributed by atoms with Crippen LogP contribution in [0.25, 0.3) is 0 Å². The second-order valence-electron chi connectivity index (χ2n) is 4.38. The smallest absolute Gasteiger partial charge is 0.334 e. The van der Waals surface area contributed by atoms with Crippen LogP contribution in [0.3, 0.4) is 0 Å². The molecule has 2 amide bonds. The van der Waals surface area contributed by atoms with Crippen molar-refractivity contribution in [1.82, 2.24) is 4.90 Å². The Morgan fingerprint density at radius 2 is 2.29 bits per heavy atom. The number of morpholine rings is 1. The summed E-state index contributed by atoms with van der Waals surface area (Å²) in [6.45, 7) is 0.448. The van der Waals surface area contributed by atoms with E-state index in [4.69, 9.17) is 26.7 Å². The molecule has 1 saturated heterocycles. The summed E-state index contributed by atoms with van der Waals surface area (Å²) >= 11 is 5.88. The van der Waals surface area contributed by atoms with Crippen LogP contribution >= 0.6 is 11.6 Å². The first-order chi connectivity index (χ1) is 10.0. The normalized spacial score (nSPS) is 17.9. The van der Waals surface area contributed by atoms with E-state index in [0.717, 1.165) is 0 Å². The number of ether oxygens (including phenoxy) is 1. The van der Waals surface area contributed by atoms with Gasteiger partial charge in [-0.3, -0.25) is 0 Å². The zero-order valence-electron chi connectivity index (χ0n) is 10.9. The third kappa shape index (κ3) is 3.62. The summed E-state index contributed by atoms with van der Waals surface area (Å²) in [6, 6.07) is 6.00. The number of nitriles is 1. The second-order valence-corrected chi connectivity index (χ2v) is 4.79. The first-order valence-corrected chi connectivity index (χ1v) is 6.49. The summed E-state index contributed by atoms with van der Waals surface area (Å²) in [7, 11) is 0. The third-order valence-corrected chi connectivity index (χ3v) is 3.28. The van der Waals surface area contributed by atoms with Gasteiger partial charge in [-0.2, -0.15) is 5.26 Å². The van der Waals surface area contributed by atoms with Crippen LogP contribution in [0.2, 0.25) is 5.02 Å². The lowest BCUT2D eigenvalue weighted by Gasteiger charge is -2.30. The van der Waals surface area contributed by atoms with E-state index >= 15 is 0 Å². The van der Waals surface area contributed by atoms with Gasteiger partial charge >= 0.3 is 12.0 Å². The van der Waals surface area contributed by atoms with E-state index < -0.39 is 18.1 Å². The molecule has 1 unspecified atom stereocenters. The third-order valence-electron chi connectivity index (χ3n) is 2.97. The van der Waals surface area contributed by atoms with Crippen LogP contribution in [-0.4, -0.2) is 47.8 Å². The standard InChI is InChI=1S/C13H12ClN3O4/c14-10-5-9(2-1-8(10)6-15)16-13(20)17-3-4-21-11(7-17)12(18)19/h1-2,5,11H,3-4,7H2,(H,16,20)(H,18,19). The van der Waals surface area contributed by atoms with Crippen molar-refractivity contribution < 1.29 is 19.4 Å². The first-order valence-electron chi connectivity index (χ1n) is 6.11. The Labute approximate surface area is 125 Å². The molecule has 0 bridgehead atoms. The Balaban J connectivity index is 2.03. The highest BCUT2D eigenvalue weighted by molar-refractivity contribution is 6.32. The maximum atomic E-state index is 12.1. The van der Waals surface area contributed by atoms with Crippen molar-refractivity contribution in [3.63, 3.8) is 0 Å². The Morgan fingerprint density at radius 3 is 2.90 bits per heavy atom. The lowest BCUT2D eigenvalue weighted by Crippen LogP contribution is -2.49. The van der Waals surface area contributed by atoms with Crippen LogP contribution in [0.15, 0.2) is 18.2 Å². The van der Waals surface area contributed by atoms with Crippen LogP contribution in [0.1, 0.15) is 5.56 Å². The van der Waals surface area contributed by atoms with Crippen molar-refractivity contribution in [3.05, 3.63) is 28.8 Å². The van der Waals surface area contributed by atoms with Gasteiger partial charge in [-0.25, -0.2) is 9.59 Å². The predicted octanol–water partition coefficient (Wildman–Crippen LogP) is 1.53. The molecule has 1 aliphatic heterocycles. The number of carboxylic acid groups (broad SMARTS) is 1. The Morgan fingerprint density at radius 1 is 1.52 bits per heavy atom. The van der Waals surface area contributed by atoms with E-state index in [1.807, 2.05) is 6.07 Å². The van der Waals surface area contributed by atoms with E-state index in [9.17, 15) is 9.59 Å². The molecule has 2 rings (SSSR count). The molecule has 1 aromatic carbocycles. The van der Waals surface area contributed by atoms with Gasteiger partial charge in [0.15, 0.2) is 6.10 Å². The number of amides is 2. The van der Waals surface area contributed by atoms with Gasteiger partial charge in [-0.05, 0) is 18.2 Å². The second kappa shape index (κ2) is 6.43. The number of hydrogen-bond donors (Lipinski definition) is 2. The summed E-state index contributed by atoms with van der Waals surface area (Å²) in [5.74, 6) is -1.10. The van der Waals surface area contributed by atoms with Crippen LogP contribution < -0.4 is 5.32 Å². The van der Waals surface area contributed by atoms with Crippen molar-refractivity contribution in [3.8, 4) is 6.07 Å². The average molecular weight is 310 g/mol. The van der Waals surface area contributed by atoms with Gasteiger partial charge in [-0.15, -0.1) is 0 Å². The van der Waals surface area contributed by atoms with Gasteiger partial charge in [0.1, 0.15) is 6.07 Å². The summed E-state index contributed by atoms with van der Waals surface area (Å²) < 4.78 is 5.04. The molecule has 1 aliphatic rings. The number of benzene rings is 1. The van der Waals surface area contributed by atoms with Gasteiger partial charge < -0.3 is 20.1 Å². The molecule has 0 saturated carbocycles. The lowest BCUT2D eigenvalue weighted by molar-refractivity contribution is -0.154. The summed E-state index contributed by atoms with van der Waals surface area (Å²) in [5.41, 5.74) is 0.745. The number of halogens is 1. The Hall–Kier alpha value is -2.30. The molecule has 21 heavy (non-hydrogen) atoms. The number of hydrogen-bond acceptors (Lipinski definition) is 4. The van der Waals surface area contributed by atoms with Gasteiger partial charge in [0.05, 0.1) is 23.7 Å². The molecule has 1 atom stereocenters. The quantitative estimate of drug-likeness (QED) is 0.862. The van der Waals surface area contributed by atoms with E-state index in [2.05, 4.69) is 5.32 Å². The number of urea groups is 1. The summed E-state index contributed by atoms with van der Waals surface area (Å²) in [4.78, 5) is 24.3. The Kier molecular flexibility index (Phi) is 4.62. The maximum Gasteiger partial charge on any atom is 0.334 e. The fourth-order valence-electron chi connectivity index (χ4n) is 1.87. The maximum absolute atomic E-state index is 12.1. The minimum atomic E-state index is -1.10. The first kappa shape index (κ1) is 15.1. The van der Waals surface area contributed by atoms with Gasteiger partial charge in [-0.1, -0.05) is 11.6 Å². The molecule has 1 heterocycles. The zero-order chi connectivity index (χ0) is 15.4. The number of rotatable bonds is 2. The van der Waals surface area contributed by atoms with Crippen LogP contribution in [0.4, 0.5) is 10.5 Å². The van der Waals surface area contributed by atoms with E-state index in [1.165, 1.54) is 17.0 Å². The predicted molar refractivity (Wildman–Crippen MR) is 74.1 cm³/mol. The molecule has 1 fully saturated rings. The SMILES string of the molecule is N#Cc1ccc(NC(=O)N2CCOC(C(=O)O)C2)cc1Cl. The number of carbonyl (C=O) groups excluding carboxylic acids is 1. The molecular formula is C13H12ClN3O4. The summed E-state index contributed by atoms with van der Waals surface area (Å²) in [6.07, 6.45) is -1.02. The fourth-order valence-corrected chi connectivity index (χ4v) is 2.09. The highest BCUT2D eigenvalue weighted by Crippen LogP contribution is 2.20. The molecule has 0 spiro atoms. The monoisotopic (exact) mass is 309 g/mol. The lowest BCUT2D eigenvalue weighted by atomic mass is 10.2. The number of carboxylic acids is 1. The van der Waals surface area contributed by atoms with Crippen molar-refractivity contribution in [2.24, 2.45) is 0 Å². The van der Waals surface area contributed by atoms with E-state index in [0.29, 0.717) is 17.8 Å². The minimum absolute atomic E-state index is 0.0226. The molecule has 8 heteroatoms. The van der Waals surface area contributed by atoms with Crippen molar-refractivity contribution in [2.75, 3.05) is 25.0 Å². The number of nitrogens with zero attached hydrogens (tertiary/aromatic N) is 2. The van der Waals surface area contributed by atoms with Crippen LogP contribution in [-0.2, 0) is 9.53 Å². The largest absolute Gasteiger partial charge is 0.479 e. The van der Waals surface area contributed by atoms with Crippen molar-refractivity contribution >= 4 is 29.3 Å². The zero-order valence-corrected chi connectivity index (χ0v) is 11.6. The molecule has 7 nitrogen and oxygen atoms in total. The van der Waals surface area contributed by atoms with Gasteiger partial charge in [0.2, 0.25) is 0 Å². The average Bonchev–Trinajstić information content (AvgIpc) is 2.47. The fraction of sp³-hybridized carbons (Fsp3) is 0.308. The molecule has 2 N–H and O–H groups in total. The molecule has 1 aromatic rings. The van der Waals surface area contributed by atoms with Crippen molar-refractivity contribution in [1.29, 1.82) is 5.26 Å². The van der Waals surface area contributed by atoms with E-state index in [1.54, 1.807) is 6.07 Å². The molecule has 0 aliphatic carbocycles. The Bertz CT molecular complexity index is 614. The number of anilines is 1. The summed E-state index contributed by atoms with van der Waals surface area (Å²) in [5, 5.41) is 20.5. The van der Waals surface area contributed by atoms with Crippen molar-refractivity contribution in [2.45, 2.75) is 6.10 Å². The number of nitrogens with one attached hydrogen (secondary N) is 1. The number of aliphatic carboxylic acids is 1. The highest BCUT2D eigenvalue weighted by atomic mass is 35.5. The van der Waals surface area contributed by atoms with E-state index in [-0.39, 0.29) is 18.2 Å². The molecule has 110 valence electrons. The van der Waals surface area contributed by atoms with Gasteiger partial charge in [0, 0.05) is 12.2 Å². The highest BCUT2D eigenvalue weighted by Gasteiger charge is 2.29. The molecule has 0 aromatic heterocycles. The topological polar surface area (TPSA) is 103 Å². The molecule has 0 radical (unpaired) electrons.